The van der Waals surface area contributed by atoms with Crippen LogP contribution in [0.25, 0.3) is 0 Å². The number of hydrogen-bond donors (Lipinski definition) is 1. The lowest BCUT2D eigenvalue weighted by Crippen LogP contribution is -2.39. The average molecular weight is 316 g/mol. The number of ether oxygens (including phenoxy) is 1. The number of aliphatic hydroxyl groups is 1. The third-order valence-electron chi connectivity index (χ3n) is 4.21. The molecule has 5 nitrogen and oxygen atoms in total. The fourth-order valence-corrected chi connectivity index (χ4v) is 2.82. The Hall–Kier alpha value is -1.85. The lowest BCUT2D eigenvalue weighted by Gasteiger charge is -2.23. The Morgan fingerprint density at radius 1 is 1.35 bits per heavy atom. The summed E-state index contributed by atoms with van der Waals surface area (Å²) in [5.41, 5.74) is 0.165. The van der Waals surface area contributed by atoms with Crippen molar-refractivity contribution in [1.29, 1.82) is 0 Å². The van der Waals surface area contributed by atoms with Gasteiger partial charge in [0, 0.05) is 19.2 Å². The predicted molar refractivity (Wildman–Crippen MR) is 87.4 cm³/mol. The number of aromatic nitrogens is 1. The number of rotatable bonds is 6. The van der Waals surface area contributed by atoms with Crippen LogP contribution in [0.5, 0.6) is 5.75 Å². The van der Waals surface area contributed by atoms with Crippen LogP contribution < -0.4 is 4.74 Å². The molecule has 2 aromatic rings. The highest BCUT2D eigenvalue weighted by Crippen LogP contribution is 2.25. The second-order valence-electron chi connectivity index (χ2n) is 6.66. The summed E-state index contributed by atoms with van der Waals surface area (Å²) in [6.45, 7) is 6.58. The monoisotopic (exact) mass is 316 g/mol. The van der Waals surface area contributed by atoms with Gasteiger partial charge in [0.2, 0.25) is 0 Å². The number of benzene rings is 1. The van der Waals surface area contributed by atoms with Crippen molar-refractivity contribution >= 4 is 0 Å². The molecule has 1 aliphatic rings. The lowest BCUT2D eigenvalue weighted by atomic mass is 10.1. The zero-order valence-corrected chi connectivity index (χ0v) is 13.7. The van der Waals surface area contributed by atoms with Crippen molar-refractivity contribution < 1.29 is 14.4 Å². The summed E-state index contributed by atoms with van der Waals surface area (Å²) < 4.78 is 11.1. The van der Waals surface area contributed by atoms with E-state index in [2.05, 4.69) is 23.9 Å². The number of hydrogen-bond acceptors (Lipinski definition) is 5. The highest BCUT2D eigenvalue weighted by molar-refractivity contribution is 5.21. The van der Waals surface area contributed by atoms with E-state index in [-0.39, 0.29) is 0 Å². The molecule has 0 amide bonds. The van der Waals surface area contributed by atoms with Crippen LogP contribution >= 0.6 is 0 Å². The van der Waals surface area contributed by atoms with Gasteiger partial charge in [-0.15, -0.1) is 0 Å². The molecular weight excluding hydrogens is 292 g/mol. The van der Waals surface area contributed by atoms with Crippen molar-refractivity contribution in [2.45, 2.75) is 38.3 Å². The summed E-state index contributed by atoms with van der Waals surface area (Å²) in [7, 11) is 0. The zero-order chi connectivity index (χ0) is 16.3. The molecule has 3 rings (SSSR count). The molecule has 1 aromatic heterocycles. The SMILES string of the molecule is CC(C)c1cc(CN2CC[C@@](O)(COc3ccccc3)C2)on1. The molecule has 1 atom stereocenters. The summed E-state index contributed by atoms with van der Waals surface area (Å²) in [5.74, 6) is 2.00. The Balaban J connectivity index is 1.52. The largest absolute Gasteiger partial charge is 0.491 e. The van der Waals surface area contributed by atoms with E-state index < -0.39 is 5.60 Å². The average Bonchev–Trinajstić information content (AvgIpc) is 3.15. The first-order valence-electron chi connectivity index (χ1n) is 8.12. The van der Waals surface area contributed by atoms with Crippen LogP contribution in [0.4, 0.5) is 0 Å². The van der Waals surface area contributed by atoms with Gasteiger partial charge in [0.25, 0.3) is 0 Å². The van der Waals surface area contributed by atoms with Crippen LogP contribution in [0.2, 0.25) is 0 Å². The molecule has 1 aromatic carbocycles. The molecule has 0 aliphatic carbocycles. The Labute approximate surface area is 136 Å². The second-order valence-corrected chi connectivity index (χ2v) is 6.66. The lowest BCUT2D eigenvalue weighted by molar-refractivity contribution is 0.00286. The molecule has 1 aliphatic heterocycles. The van der Waals surface area contributed by atoms with Gasteiger partial charge in [-0.25, -0.2) is 0 Å². The van der Waals surface area contributed by atoms with E-state index in [4.69, 9.17) is 9.26 Å². The third kappa shape index (κ3) is 4.12. The van der Waals surface area contributed by atoms with Gasteiger partial charge in [-0.1, -0.05) is 37.2 Å². The van der Waals surface area contributed by atoms with Crippen LogP contribution in [-0.4, -0.2) is 40.5 Å². The summed E-state index contributed by atoms with van der Waals surface area (Å²) in [5, 5.41) is 14.8. The smallest absolute Gasteiger partial charge is 0.150 e. The van der Waals surface area contributed by atoms with Gasteiger partial charge in [0.05, 0.1) is 12.2 Å². The minimum absolute atomic E-state index is 0.307. The summed E-state index contributed by atoms with van der Waals surface area (Å²) in [4.78, 5) is 2.18. The Morgan fingerprint density at radius 2 is 2.13 bits per heavy atom. The minimum atomic E-state index is -0.809. The van der Waals surface area contributed by atoms with Crippen molar-refractivity contribution in [1.82, 2.24) is 10.1 Å². The van der Waals surface area contributed by atoms with Crippen LogP contribution in [0.1, 0.15) is 37.6 Å². The molecule has 0 bridgehead atoms. The molecule has 1 saturated heterocycles. The third-order valence-corrected chi connectivity index (χ3v) is 4.21. The van der Waals surface area contributed by atoms with Gasteiger partial charge < -0.3 is 14.4 Å². The summed E-state index contributed by atoms with van der Waals surface area (Å²) >= 11 is 0. The van der Waals surface area contributed by atoms with E-state index in [1.807, 2.05) is 36.4 Å². The van der Waals surface area contributed by atoms with Crippen molar-refractivity contribution in [2.75, 3.05) is 19.7 Å². The Kier molecular flexibility index (Phi) is 4.68. The van der Waals surface area contributed by atoms with Crippen LogP contribution in [-0.2, 0) is 6.54 Å². The van der Waals surface area contributed by atoms with Gasteiger partial charge in [-0.2, -0.15) is 0 Å². The number of para-hydroxylation sites is 1. The molecule has 1 fully saturated rings. The van der Waals surface area contributed by atoms with E-state index in [9.17, 15) is 5.11 Å². The van der Waals surface area contributed by atoms with Crippen molar-refractivity contribution in [2.24, 2.45) is 0 Å². The maximum Gasteiger partial charge on any atom is 0.150 e. The van der Waals surface area contributed by atoms with Gasteiger partial charge in [0.1, 0.15) is 18.0 Å². The van der Waals surface area contributed by atoms with E-state index in [1.165, 1.54) is 0 Å². The summed E-state index contributed by atoms with van der Waals surface area (Å²) in [6.07, 6.45) is 0.699. The van der Waals surface area contributed by atoms with Crippen molar-refractivity contribution in [3.8, 4) is 5.75 Å². The molecule has 124 valence electrons. The minimum Gasteiger partial charge on any atom is -0.491 e. The normalized spacial score (nSPS) is 21.9. The molecular formula is C18H24N2O3. The molecule has 1 N–H and O–H groups in total. The summed E-state index contributed by atoms with van der Waals surface area (Å²) in [6, 6.07) is 11.6. The quantitative estimate of drug-likeness (QED) is 0.888. The first-order valence-corrected chi connectivity index (χ1v) is 8.12. The van der Waals surface area contributed by atoms with Gasteiger partial charge in [0.15, 0.2) is 5.76 Å². The highest BCUT2D eigenvalue weighted by atomic mass is 16.5. The van der Waals surface area contributed by atoms with Gasteiger partial charge in [-0.05, 0) is 24.5 Å². The maximum absolute atomic E-state index is 10.7. The van der Waals surface area contributed by atoms with Gasteiger partial charge in [-0.3, -0.25) is 4.90 Å². The fraction of sp³-hybridized carbons (Fsp3) is 0.500. The van der Waals surface area contributed by atoms with E-state index >= 15 is 0 Å². The standard InChI is InChI=1S/C18H24N2O3/c1-14(2)17-10-16(23-19-17)11-20-9-8-18(21,12-20)13-22-15-6-4-3-5-7-15/h3-7,10,14,21H,8-9,11-13H2,1-2H3/t18-/m0/s1. The first-order chi connectivity index (χ1) is 11.0. The van der Waals surface area contributed by atoms with Gasteiger partial charge >= 0.3 is 0 Å². The Morgan fingerprint density at radius 3 is 2.83 bits per heavy atom. The molecule has 5 heteroatoms. The zero-order valence-electron chi connectivity index (χ0n) is 13.7. The number of nitrogens with zero attached hydrogens (tertiary/aromatic N) is 2. The van der Waals surface area contributed by atoms with E-state index in [0.29, 0.717) is 32.0 Å². The first kappa shape index (κ1) is 16.0. The number of likely N-dealkylation sites (tertiary alicyclic amines) is 1. The van der Waals surface area contributed by atoms with Crippen LogP contribution in [0.15, 0.2) is 40.9 Å². The van der Waals surface area contributed by atoms with E-state index in [0.717, 1.165) is 23.7 Å². The Bertz CT molecular complexity index is 626. The van der Waals surface area contributed by atoms with Crippen LogP contribution in [0.3, 0.4) is 0 Å². The fourth-order valence-electron chi connectivity index (χ4n) is 2.82. The molecule has 0 unspecified atom stereocenters. The molecule has 0 radical (unpaired) electrons. The molecule has 2 heterocycles. The molecule has 0 spiro atoms. The second kappa shape index (κ2) is 6.72. The number of β-amino-alcohol motifs (C(OH)–C–C–N with tert-alkyl or cyclic N) is 1. The maximum atomic E-state index is 10.7. The van der Waals surface area contributed by atoms with Crippen LogP contribution in [0, 0.1) is 0 Å². The van der Waals surface area contributed by atoms with E-state index in [1.54, 1.807) is 0 Å². The molecule has 0 saturated carbocycles. The highest BCUT2D eigenvalue weighted by Gasteiger charge is 2.37. The van der Waals surface area contributed by atoms with Crippen molar-refractivity contribution in [3.63, 3.8) is 0 Å². The van der Waals surface area contributed by atoms with Crippen molar-refractivity contribution in [3.05, 3.63) is 47.9 Å². The topological polar surface area (TPSA) is 58.7 Å². The predicted octanol–water partition coefficient (Wildman–Crippen LogP) is 2.81. The molecule has 23 heavy (non-hydrogen) atoms.